The summed E-state index contributed by atoms with van der Waals surface area (Å²) in [5, 5.41) is 3.37. The van der Waals surface area contributed by atoms with Gasteiger partial charge in [-0.25, -0.2) is 0 Å². The molecule has 3 rings (SSSR count). The Bertz CT molecular complexity index is 738. The summed E-state index contributed by atoms with van der Waals surface area (Å²) in [4.78, 5) is 26.6. The van der Waals surface area contributed by atoms with Gasteiger partial charge in [0.25, 0.3) is 5.91 Å². The number of nitrogens with zero attached hydrogens (tertiary/aromatic N) is 3. The lowest BCUT2D eigenvalue weighted by Gasteiger charge is -2.23. The van der Waals surface area contributed by atoms with Crippen LogP contribution in [0, 0.1) is 0 Å². The minimum absolute atomic E-state index is 0.238. The van der Waals surface area contributed by atoms with Crippen molar-refractivity contribution in [1.29, 1.82) is 0 Å². The molecule has 2 aromatic rings. The summed E-state index contributed by atoms with van der Waals surface area (Å²) in [5.41, 5.74) is 0.412. The maximum atomic E-state index is 12.6. The van der Waals surface area contributed by atoms with Gasteiger partial charge in [-0.2, -0.15) is 8.75 Å². The fraction of sp³-hybridized carbons (Fsp3) is 0.286. The Morgan fingerprint density at radius 2 is 2.13 bits per heavy atom. The molecular weight excluding hydrogens is 359 g/mol. The third-order valence-electron chi connectivity index (χ3n) is 3.60. The standard InChI is InChI=1S/C14H12Cl2N4O2S/c15-9-4-3-8(6-10(9)16)14(22)20-5-1-2-11(20)13(21)18-12-7-17-23-19-12/h3-4,6-7,11H,1-2,5H2,(H,18,19,21). The maximum Gasteiger partial charge on any atom is 0.254 e. The molecule has 9 heteroatoms. The highest BCUT2D eigenvalue weighted by Gasteiger charge is 2.34. The van der Waals surface area contributed by atoms with E-state index in [1.807, 2.05) is 0 Å². The maximum absolute atomic E-state index is 12.6. The highest BCUT2D eigenvalue weighted by atomic mass is 35.5. The topological polar surface area (TPSA) is 75.2 Å². The first-order valence-corrected chi connectivity index (χ1v) is 8.39. The lowest BCUT2D eigenvalue weighted by atomic mass is 10.1. The van der Waals surface area contributed by atoms with E-state index in [1.165, 1.54) is 12.3 Å². The van der Waals surface area contributed by atoms with Gasteiger partial charge in [0.1, 0.15) is 6.04 Å². The number of benzene rings is 1. The van der Waals surface area contributed by atoms with E-state index in [1.54, 1.807) is 17.0 Å². The molecule has 1 aliphatic heterocycles. The van der Waals surface area contributed by atoms with Crippen LogP contribution in [0.3, 0.4) is 0 Å². The van der Waals surface area contributed by atoms with Crippen molar-refractivity contribution < 1.29 is 9.59 Å². The van der Waals surface area contributed by atoms with Gasteiger partial charge in [0.15, 0.2) is 5.82 Å². The van der Waals surface area contributed by atoms with Crippen LogP contribution in [0.5, 0.6) is 0 Å². The van der Waals surface area contributed by atoms with Crippen molar-refractivity contribution in [3.05, 3.63) is 40.0 Å². The van der Waals surface area contributed by atoms with Gasteiger partial charge in [-0.1, -0.05) is 23.2 Å². The molecule has 2 heterocycles. The Morgan fingerprint density at radius 3 is 2.83 bits per heavy atom. The van der Waals surface area contributed by atoms with E-state index in [-0.39, 0.29) is 11.8 Å². The molecule has 1 N–H and O–H groups in total. The number of hydrogen-bond acceptors (Lipinski definition) is 5. The molecule has 1 aliphatic rings. The number of carbonyl (C=O) groups is 2. The monoisotopic (exact) mass is 370 g/mol. The van der Waals surface area contributed by atoms with Crippen molar-refractivity contribution >= 4 is 52.6 Å². The first kappa shape index (κ1) is 16.2. The number of amides is 2. The van der Waals surface area contributed by atoms with Crippen molar-refractivity contribution in [1.82, 2.24) is 13.6 Å². The predicted molar refractivity (Wildman–Crippen MR) is 89.1 cm³/mol. The number of rotatable bonds is 3. The number of hydrogen-bond donors (Lipinski definition) is 1. The average Bonchev–Trinajstić information content (AvgIpc) is 3.20. The lowest BCUT2D eigenvalue weighted by molar-refractivity contribution is -0.119. The Hall–Kier alpha value is -1.70. The van der Waals surface area contributed by atoms with Gasteiger partial charge in [0, 0.05) is 12.1 Å². The number of halogens is 2. The molecule has 1 atom stereocenters. The van der Waals surface area contributed by atoms with Crippen molar-refractivity contribution in [3.63, 3.8) is 0 Å². The van der Waals surface area contributed by atoms with E-state index in [0.29, 0.717) is 34.4 Å². The molecule has 0 radical (unpaired) electrons. The molecule has 1 saturated heterocycles. The van der Waals surface area contributed by atoms with Gasteiger partial charge in [-0.15, -0.1) is 0 Å². The van der Waals surface area contributed by atoms with Crippen LogP contribution in [-0.2, 0) is 4.79 Å². The minimum atomic E-state index is -0.529. The van der Waals surface area contributed by atoms with Crippen LogP contribution in [0.25, 0.3) is 0 Å². The van der Waals surface area contributed by atoms with Crippen molar-refractivity contribution in [3.8, 4) is 0 Å². The van der Waals surface area contributed by atoms with Crippen LogP contribution >= 0.6 is 34.9 Å². The van der Waals surface area contributed by atoms with E-state index in [4.69, 9.17) is 23.2 Å². The normalized spacial score (nSPS) is 17.3. The first-order valence-electron chi connectivity index (χ1n) is 6.90. The highest BCUT2D eigenvalue weighted by Crippen LogP contribution is 2.26. The molecule has 1 aromatic heterocycles. The van der Waals surface area contributed by atoms with Gasteiger partial charge in [-0.05, 0) is 31.0 Å². The number of nitrogens with one attached hydrogen (secondary N) is 1. The molecule has 1 fully saturated rings. The zero-order valence-corrected chi connectivity index (χ0v) is 14.2. The number of anilines is 1. The Kier molecular flexibility index (Phi) is 4.79. The quantitative estimate of drug-likeness (QED) is 0.900. The van der Waals surface area contributed by atoms with Crippen molar-refractivity contribution in [2.45, 2.75) is 18.9 Å². The third-order valence-corrected chi connectivity index (χ3v) is 4.81. The summed E-state index contributed by atoms with van der Waals surface area (Å²) < 4.78 is 7.77. The Labute approximate surface area is 146 Å². The van der Waals surface area contributed by atoms with Gasteiger partial charge < -0.3 is 10.2 Å². The van der Waals surface area contributed by atoms with E-state index in [0.717, 1.165) is 18.1 Å². The second-order valence-corrected chi connectivity index (χ2v) is 6.44. The molecule has 1 unspecified atom stereocenters. The van der Waals surface area contributed by atoms with Crippen molar-refractivity contribution in [2.24, 2.45) is 0 Å². The fourth-order valence-electron chi connectivity index (χ4n) is 2.51. The molecule has 1 aromatic carbocycles. The van der Waals surface area contributed by atoms with E-state index in [9.17, 15) is 9.59 Å². The summed E-state index contributed by atoms with van der Waals surface area (Å²) in [6.45, 7) is 0.520. The summed E-state index contributed by atoms with van der Waals surface area (Å²) in [7, 11) is 0. The van der Waals surface area contributed by atoms with Crippen LogP contribution in [0.4, 0.5) is 5.82 Å². The zero-order chi connectivity index (χ0) is 16.4. The average molecular weight is 371 g/mol. The second kappa shape index (κ2) is 6.82. The molecule has 0 saturated carbocycles. The molecule has 120 valence electrons. The van der Waals surface area contributed by atoms with E-state index in [2.05, 4.69) is 14.1 Å². The van der Waals surface area contributed by atoms with Crippen LogP contribution < -0.4 is 5.32 Å². The van der Waals surface area contributed by atoms with Crippen LogP contribution in [0.2, 0.25) is 10.0 Å². The Morgan fingerprint density at radius 1 is 1.30 bits per heavy atom. The molecule has 0 spiro atoms. The second-order valence-electron chi connectivity index (χ2n) is 5.07. The molecule has 6 nitrogen and oxygen atoms in total. The summed E-state index contributed by atoms with van der Waals surface area (Å²) in [6.07, 6.45) is 2.85. The van der Waals surface area contributed by atoms with E-state index >= 15 is 0 Å². The summed E-state index contributed by atoms with van der Waals surface area (Å²) >= 11 is 12.8. The minimum Gasteiger partial charge on any atom is -0.327 e. The van der Waals surface area contributed by atoms with Crippen LogP contribution in [0.15, 0.2) is 24.4 Å². The highest BCUT2D eigenvalue weighted by molar-refractivity contribution is 6.99. The fourth-order valence-corrected chi connectivity index (χ4v) is 3.18. The third kappa shape index (κ3) is 3.46. The summed E-state index contributed by atoms with van der Waals surface area (Å²) in [5.74, 6) is -0.102. The van der Waals surface area contributed by atoms with Gasteiger partial charge in [-0.3, -0.25) is 9.59 Å². The summed E-state index contributed by atoms with van der Waals surface area (Å²) in [6, 6.07) is 4.17. The molecule has 23 heavy (non-hydrogen) atoms. The molecule has 0 bridgehead atoms. The number of aromatic nitrogens is 2. The lowest BCUT2D eigenvalue weighted by Crippen LogP contribution is -2.43. The Balaban J connectivity index is 1.76. The smallest absolute Gasteiger partial charge is 0.254 e. The van der Waals surface area contributed by atoms with Gasteiger partial charge in [0.2, 0.25) is 5.91 Å². The van der Waals surface area contributed by atoms with Gasteiger partial charge >= 0.3 is 0 Å². The van der Waals surface area contributed by atoms with Crippen LogP contribution in [0.1, 0.15) is 23.2 Å². The zero-order valence-electron chi connectivity index (χ0n) is 11.8. The molecule has 0 aliphatic carbocycles. The van der Waals surface area contributed by atoms with Crippen LogP contribution in [-0.4, -0.2) is 38.0 Å². The van der Waals surface area contributed by atoms with Gasteiger partial charge in [0.05, 0.1) is 28.0 Å². The molecular formula is C14H12Cl2N4O2S. The largest absolute Gasteiger partial charge is 0.327 e. The first-order chi connectivity index (χ1) is 11.1. The SMILES string of the molecule is O=C(Nc1cnsn1)C1CCCN1C(=O)c1ccc(Cl)c(Cl)c1. The number of likely N-dealkylation sites (tertiary alicyclic amines) is 1. The predicted octanol–water partition coefficient (Wildman–Crippen LogP) is 3.09. The number of carbonyl (C=O) groups excluding carboxylic acids is 2. The molecule has 2 amide bonds. The van der Waals surface area contributed by atoms with Crippen molar-refractivity contribution in [2.75, 3.05) is 11.9 Å². The van der Waals surface area contributed by atoms with E-state index < -0.39 is 6.04 Å².